The Balaban J connectivity index is 0.00000267. The first-order valence-corrected chi connectivity index (χ1v) is 15.1. The molecule has 0 N–H and O–H groups in total. The predicted octanol–water partition coefficient (Wildman–Crippen LogP) is 9.59. The van der Waals surface area contributed by atoms with E-state index >= 15 is 0 Å². The Morgan fingerprint density at radius 1 is 0.615 bits per heavy atom. The second-order valence-electron chi connectivity index (χ2n) is 10.8. The molecule has 4 aromatic rings. The van der Waals surface area contributed by atoms with Crippen LogP contribution in [0.15, 0.2) is 67.1 Å². The van der Waals surface area contributed by atoms with E-state index in [4.69, 9.17) is 16.6 Å². The fourth-order valence-corrected chi connectivity index (χ4v) is 6.93. The molecule has 0 aliphatic carbocycles. The normalized spacial score (nSPS) is 11.4. The van der Waals surface area contributed by atoms with Gasteiger partial charge in [0.15, 0.2) is 0 Å². The maximum atomic E-state index is 6.70. The Morgan fingerprint density at radius 2 is 1.00 bits per heavy atom. The molecule has 0 radical (unpaired) electrons. The molecule has 0 bridgehead atoms. The van der Waals surface area contributed by atoms with Crippen molar-refractivity contribution in [1.82, 2.24) is 14.1 Å². The summed E-state index contributed by atoms with van der Waals surface area (Å²) >= 11 is 6.72. The summed E-state index contributed by atoms with van der Waals surface area (Å²) in [4.78, 5) is 4.72. The van der Waals surface area contributed by atoms with Crippen molar-refractivity contribution in [2.24, 2.45) is 0 Å². The Hall–Kier alpha value is -1.67. The van der Waals surface area contributed by atoms with Crippen LogP contribution in [0.1, 0.15) is 101 Å². The molecule has 0 amide bonds. The topological polar surface area (TPSA) is 22.8 Å². The van der Waals surface area contributed by atoms with Crippen LogP contribution in [0, 0.1) is 3.89 Å². The van der Waals surface area contributed by atoms with Gasteiger partial charge < -0.3 is 0 Å². The maximum absolute atomic E-state index is 6.70. The van der Waals surface area contributed by atoms with Gasteiger partial charge in [-0.25, -0.2) is 0 Å². The molecule has 2 heterocycles. The van der Waals surface area contributed by atoms with Crippen molar-refractivity contribution in [3.05, 3.63) is 98.3 Å². The molecule has 2 aromatic carbocycles. The molecule has 4 rings (SSSR count). The average Bonchev–Trinajstić information content (AvgIpc) is 3.26. The number of hydrogen-bond acceptors (Lipinski definition) is 1. The third-order valence-corrected chi connectivity index (χ3v) is 9.34. The van der Waals surface area contributed by atoms with Crippen LogP contribution in [0.5, 0.6) is 0 Å². The summed E-state index contributed by atoms with van der Waals surface area (Å²) in [6, 6.07) is 17.4. The summed E-state index contributed by atoms with van der Waals surface area (Å²) in [5.41, 5.74) is 8.02. The first-order chi connectivity index (χ1) is 17.6. The van der Waals surface area contributed by atoms with Gasteiger partial charge >= 0.3 is 236 Å². The molecular formula is C32H41Cl3N3Pd. The van der Waals surface area contributed by atoms with Crippen LogP contribution < -0.4 is 4.17 Å². The zero-order chi connectivity index (χ0) is 26.9. The Bertz CT molecular complexity index is 1330. The van der Waals surface area contributed by atoms with Crippen LogP contribution in [0.3, 0.4) is 0 Å². The summed E-state index contributed by atoms with van der Waals surface area (Å²) in [6.07, 6.45) is 6.35. The van der Waals surface area contributed by atoms with Crippen molar-refractivity contribution in [3.8, 4) is 11.4 Å². The Labute approximate surface area is 259 Å². The molecular weight excluding hydrogens is 639 g/mol. The van der Waals surface area contributed by atoms with Crippen LogP contribution in [0.2, 0.25) is 5.02 Å². The van der Waals surface area contributed by atoms with Gasteiger partial charge in [-0.05, 0) is 0 Å². The van der Waals surface area contributed by atoms with E-state index < -0.39 is 0 Å². The number of nitrogens with zero attached hydrogens (tertiary/aromatic N) is 3. The molecule has 0 atom stereocenters. The molecule has 0 saturated heterocycles. The number of imidazole rings is 1. The molecule has 0 unspecified atom stereocenters. The second kappa shape index (κ2) is 14.3. The van der Waals surface area contributed by atoms with Gasteiger partial charge in [-0.15, -0.1) is 24.8 Å². The number of benzene rings is 2. The van der Waals surface area contributed by atoms with Gasteiger partial charge in [0.05, 0.1) is 0 Å². The van der Waals surface area contributed by atoms with Crippen molar-refractivity contribution < 1.29 is 17.5 Å². The number of para-hydroxylation sites is 2. The van der Waals surface area contributed by atoms with E-state index in [2.05, 4.69) is 113 Å². The minimum absolute atomic E-state index is 0. The van der Waals surface area contributed by atoms with Gasteiger partial charge in [0.25, 0.3) is 0 Å². The van der Waals surface area contributed by atoms with E-state index in [0.717, 1.165) is 9.19 Å². The average molecular weight is 680 g/mol. The van der Waals surface area contributed by atoms with E-state index in [0.29, 0.717) is 23.7 Å². The third-order valence-electron chi connectivity index (χ3n) is 6.74. The van der Waals surface area contributed by atoms with Gasteiger partial charge in [-0.3, -0.25) is 0 Å². The quantitative estimate of drug-likeness (QED) is 0.178. The summed E-state index contributed by atoms with van der Waals surface area (Å²) < 4.78 is 6.99. The predicted molar refractivity (Wildman–Crippen MR) is 168 cm³/mol. The van der Waals surface area contributed by atoms with E-state index in [1.807, 2.05) is 18.3 Å². The van der Waals surface area contributed by atoms with Gasteiger partial charge in [-0.1, -0.05) is 0 Å². The van der Waals surface area contributed by atoms with Gasteiger partial charge in [0.1, 0.15) is 0 Å². The molecule has 2 aromatic heterocycles. The smallest absolute Gasteiger partial charge is 0.147 e. The number of pyridine rings is 1. The number of halogens is 3. The first kappa shape index (κ1) is 33.5. The largest absolute Gasteiger partial charge is 0.147 e. The fraction of sp³-hybridized carbons (Fsp3) is 0.375. The monoisotopic (exact) mass is 678 g/mol. The molecule has 7 heteroatoms. The zero-order valence-electron chi connectivity index (χ0n) is 24.0. The summed E-state index contributed by atoms with van der Waals surface area (Å²) in [6.45, 7) is 18.3. The second-order valence-corrected chi connectivity index (χ2v) is 13.0. The standard InChI is InChI=1S/C27H36N2.C5H3ClN.2ClH.Pd/c1-18(2)22-11-9-12-23(19(3)4)26(22)28-15-16-29(17-28)27-24(20(5)6)13-10-14-25(27)21(7)8;6-5-2-1-3-7-4-5;;;/h9-16,18-21H,1-8H3;1-3H;2*1H;. The van der Waals surface area contributed by atoms with Crippen LogP contribution in [0.4, 0.5) is 0 Å². The molecule has 3 nitrogen and oxygen atoms in total. The van der Waals surface area contributed by atoms with Crippen LogP contribution in [-0.2, 0) is 17.5 Å². The van der Waals surface area contributed by atoms with Crippen LogP contribution >= 0.6 is 36.4 Å². The van der Waals surface area contributed by atoms with Crippen LogP contribution in [-0.4, -0.2) is 14.1 Å². The fourth-order valence-electron chi connectivity index (χ4n) is 4.82. The Kier molecular flexibility index (Phi) is 12.3. The van der Waals surface area contributed by atoms with E-state index in [1.54, 1.807) is 0 Å². The zero-order valence-corrected chi connectivity index (χ0v) is 28.0. The van der Waals surface area contributed by atoms with Gasteiger partial charge in [0, 0.05) is 0 Å². The van der Waals surface area contributed by atoms with Crippen LogP contribution in [0.25, 0.3) is 11.4 Å². The van der Waals surface area contributed by atoms with E-state index in [1.165, 1.54) is 37.5 Å². The number of rotatable bonds is 7. The van der Waals surface area contributed by atoms with Gasteiger partial charge in [0.2, 0.25) is 0 Å². The van der Waals surface area contributed by atoms with Crippen molar-refractivity contribution >= 4 is 40.6 Å². The molecule has 0 fully saturated rings. The van der Waals surface area contributed by atoms with Crippen molar-refractivity contribution in [2.45, 2.75) is 79.1 Å². The maximum Gasteiger partial charge on any atom is -0.147 e. The Morgan fingerprint density at radius 3 is 1.33 bits per heavy atom. The van der Waals surface area contributed by atoms with Crippen molar-refractivity contribution in [1.29, 1.82) is 0 Å². The van der Waals surface area contributed by atoms with E-state index in [-0.39, 0.29) is 42.3 Å². The summed E-state index contributed by atoms with van der Waals surface area (Å²) in [5.74, 6) is 1.60. The number of aromatic nitrogens is 3. The molecule has 0 aliphatic rings. The van der Waals surface area contributed by atoms with Crippen molar-refractivity contribution in [3.63, 3.8) is 0 Å². The molecule has 39 heavy (non-hydrogen) atoms. The van der Waals surface area contributed by atoms with E-state index in [9.17, 15) is 0 Å². The summed E-state index contributed by atoms with van der Waals surface area (Å²) in [7, 11) is 0. The number of hydrogen-bond donors (Lipinski definition) is 0. The third kappa shape index (κ3) is 6.98. The van der Waals surface area contributed by atoms with Gasteiger partial charge in [-0.2, -0.15) is 0 Å². The molecule has 215 valence electrons. The summed E-state index contributed by atoms with van der Waals surface area (Å²) in [5, 5.41) is 0.721. The first-order valence-electron chi connectivity index (χ1n) is 13.2. The molecule has 0 aliphatic heterocycles. The van der Waals surface area contributed by atoms with Crippen molar-refractivity contribution in [2.75, 3.05) is 0 Å². The molecule has 0 saturated carbocycles. The molecule has 0 spiro atoms. The minimum Gasteiger partial charge on any atom is -0.147 e. The minimum atomic E-state index is 0. The SMILES string of the molecule is CC(C)c1cccc(C(C)C)c1-n1ccn(-c2c(C(C)C)cccc2C(C)C)[c]1=[Pd][c]1ncccc1Cl.Cl.Cl.